The number of hydrogen-bond donors (Lipinski definition) is 0. The van der Waals surface area contributed by atoms with E-state index < -0.39 is 0 Å². The summed E-state index contributed by atoms with van der Waals surface area (Å²) in [5, 5.41) is 0. The largest absolute Gasteiger partial charge is 0 e. The Morgan fingerprint density at radius 2 is 2.06 bits per heavy atom. The predicted molar refractivity (Wildman–Crippen MR) is 64.6 cm³/mol. The van der Waals surface area contributed by atoms with Crippen LogP contribution >= 0.6 is 0 Å². The van der Waals surface area contributed by atoms with Gasteiger partial charge >= 0.3 is 112 Å². The van der Waals surface area contributed by atoms with Gasteiger partial charge in [-0.1, -0.05) is 0 Å². The van der Waals surface area contributed by atoms with Gasteiger partial charge in [0, 0.05) is 32.7 Å². The standard InChI is InChI=1S/C14H13N2.W.Y/c1-10-7-12-5-3-4-6-13(12)14(10)16-9-15-8-11(16)2;;/h3-6,8-9,14H,1-2H3;;/q-1;;. The molecule has 0 fully saturated rings. The molecule has 1 aliphatic rings. The van der Waals surface area contributed by atoms with Crippen molar-refractivity contribution in [3.05, 3.63) is 59.5 Å². The molecule has 2 aromatic rings. The maximum atomic E-state index is 4.25. The molecule has 18 heavy (non-hydrogen) atoms. The minimum absolute atomic E-state index is 0. The number of benzene rings is 1. The number of imidazole rings is 1. The van der Waals surface area contributed by atoms with E-state index in [1.807, 2.05) is 12.5 Å². The van der Waals surface area contributed by atoms with Gasteiger partial charge in [-0.2, -0.15) is 0 Å². The monoisotopic (exact) mass is 482 g/mol. The summed E-state index contributed by atoms with van der Waals surface area (Å²) in [6.45, 7) is 4.36. The van der Waals surface area contributed by atoms with E-state index in [-0.39, 0.29) is 32.7 Å². The summed E-state index contributed by atoms with van der Waals surface area (Å²) in [5.74, 6) is 1.46. The smallest absolute Gasteiger partial charge is 0 e. The minimum atomic E-state index is 0. The summed E-state index contributed by atoms with van der Waals surface area (Å²) < 4.78 is 3.75. The number of rotatable bonds is 1. The molecule has 1 unspecified atom stereocenters. The zero-order valence-corrected chi connectivity index (χ0v) is 16.2. The normalized spacial score (nSPS) is 18.6. The number of aryl methyl sites for hydroxylation is 1. The van der Waals surface area contributed by atoms with Crippen LogP contribution in [0.1, 0.15) is 29.8 Å². The molecule has 0 N–H and O–H groups in total. The second-order valence-electron chi connectivity index (χ2n) is 4.44. The molecule has 0 bridgehead atoms. The van der Waals surface area contributed by atoms with Crippen molar-refractivity contribution in [3.63, 3.8) is 0 Å². The number of hydrogen-bond acceptors (Lipinski definition) is 1. The van der Waals surface area contributed by atoms with Gasteiger partial charge in [-0.05, 0) is 0 Å². The van der Waals surface area contributed by atoms with Crippen LogP contribution in [0.4, 0.5) is 0 Å². The first-order chi connectivity index (χ1) is 8.20. The Bertz CT molecular complexity index is 591. The fraction of sp³-hybridized carbons (Fsp3) is 0.214. The Balaban J connectivity index is 0.00000120. The SMILES string of the molecule is Cc1cncn1C1c2ccccc2[C](=[W])[C-]1C.[Y]. The molecule has 0 aliphatic heterocycles. The summed E-state index contributed by atoms with van der Waals surface area (Å²) >= 11 is 1.55. The van der Waals surface area contributed by atoms with Gasteiger partial charge in [-0.25, -0.2) is 0 Å². The first kappa shape index (κ1) is 14.5. The van der Waals surface area contributed by atoms with Gasteiger partial charge in [0.15, 0.2) is 0 Å². The summed E-state index contributed by atoms with van der Waals surface area (Å²) in [4.78, 5) is 4.25. The second kappa shape index (κ2) is 5.61. The van der Waals surface area contributed by atoms with Crippen molar-refractivity contribution in [3.8, 4) is 0 Å². The molecule has 1 atom stereocenters. The Morgan fingerprint density at radius 3 is 2.72 bits per heavy atom. The fourth-order valence-corrected chi connectivity index (χ4v) is 3.58. The van der Waals surface area contributed by atoms with E-state index in [9.17, 15) is 0 Å². The van der Waals surface area contributed by atoms with Crippen LogP contribution in [0, 0.1) is 12.8 Å². The van der Waals surface area contributed by atoms with Crippen LogP contribution in [0.25, 0.3) is 0 Å². The zero-order chi connectivity index (χ0) is 12.0. The number of fused-ring (bicyclic) bond motifs is 1. The molecule has 2 nitrogen and oxygen atoms in total. The van der Waals surface area contributed by atoms with Gasteiger partial charge in [-0.15, -0.1) is 0 Å². The molecule has 1 aromatic carbocycles. The van der Waals surface area contributed by atoms with Crippen molar-refractivity contribution in [2.45, 2.75) is 19.9 Å². The summed E-state index contributed by atoms with van der Waals surface area (Å²) in [7, 11) is 0. The Kier molecular flexibility index (Phi) is 4.52. The molecule has 3 rings (SSSR count). The molecule has 0 saturated carbocycles. The maximum Gasteiger partial charge on any atom is 0 e. The van der Waals surface area contributed by atoms with Gasteiger partial charge in [0.05, 0.1) is 0 Å². The third kappa shape index (κ3) is 2.17. The molecule has 1 aliphatic carbocycles. The van der Waals surface area contributed by atoms with E-state index in [4.69, 9.17) is 0 Å². The molecule has 89 valence electrons. The van der Waals surface area contributed by atoms with Crippen LogP contribution < -0.4 is 0 Å². The molecule has 0 saturated heterocycles. The van der Waals surface area contributed by atoms with Gasteiger partial charge in [0.2, 0.25) is 0 Å². The predicted octanol–water partition coefficient (Wildman–Crippen LogP) is 2.45. The Morgan fingerprint density at radius 1 is 1.33 bits per heavy atom. The van der Waals surface area contributed by atoms with Crippen molar-refractivity contribution in [1.82, 2.24) is 9.55 Å². The molecule has 0 spiro atoms. The molecule has 4 heteroatoms. The van der Waals surface area contributed by atoms with Gasteiger partial charge in [0.25, 0.3) is 0 Å². The van der Waals surface area contributed by atoms with Crippen molar-refractivity contribution in [2.24, 2.45) is 0 Å². The molecule has 1 radical (unpaired) electrons. The summed E-state index contributed by atoms with van der Waals surface area (Å²) in [6.07, 6.45) is 3.87. The first-order valence-electron chi connectivity index (χ1n) is 5.65. The van der Waals surface area contributed by atoms with Crippen LogP contribution in [-0.2, 0) is 52.1 Å². The Hall–Kier alpha value is 0.0922. The third-order valence-electron chi connectivity index (χ3n) is 3.41. The van der Waals surface area contributed by atoms with Crippen molar-refractivity contribution < 1.29 is 52.1 Å². The van der Waals surface area contributed by atoms with E-state index >= 15 is 0 Å². The zero-order valence-electron chi connectivity index (χ0n) is 10.4. The first-order valence-corrected chi connectivity index (χ1v) is 7.12. The van der Waals surface area contributed by atoms with E-state index in [0.29, 0.717) is 6.04 Å². The van der Waals surface area contributed by atoms with Crippen molar-refractivity contribution >= 4 is 3.90 Å². The molecule has 1 heterocycles. The van der Waals surface area contributed by atoms with Crippen LogP contribution in [0.2, 0.25) is 0 Å². The molecular formula is C14H13N2WY-. The molecule has 1 aromatic heterocycles. The van der Waals surface area contributed by atoms with Crippen molar-refractivity contribution in [2.75, 3.05) is 0 Å². The average Bonchev–Trinajstić information content (AvgIpc) is 2.84. The van der Waals surface area contributed by atoms with Gasteiger partial charge < -0.3 is 0 Å². The van der Waals surface area contributed by atoms with Crippen LogP contribution in [0.3, 0.4) is 0 Å². The topological polar surface area (TPSA) is 17.8 Å². The van der Waals surface area contributed by atoms with Crippen LogP contribution in [0.5, 0.6) is 0 Å². The summed E-state index contributed by atoms with van der Waals surface area (Å²) in [5.41, 5.74) is 4.04. The summed E-state index contributed by atoms with van der Waals surface area (Å²) in [6, 6.07) is 9.06. The maximum absolute atomic E-state index is 4.25. The number of nitrogens with zero attached hydrogens (tertiary/aromatic N) is 2. The molecular weight excluding hydrogens is 469 g/mol. The van der Waals surface area contributed by atoms with Crippen molar-refractivity contribution in [1.29, 1.82) is 0 Å². The average molecular weight is 482 g/mol. The quantitative estimate of drug-likeness (QED) is 0.572. The molecule has 0 amide bonds. The van der Waals surface area contributed by atoms with E-state index in [0.717, 1.165) is 0 Å². The Labute approximate surface area is 143 Å². The van der Waals surface area contributed by atoms with Crippen LogP contribution in [-0.4, -0.2) is 13.4 Å². The van der Waals surface area contributed by atoms with Gasteiger partial charge in [-0.3, -0.25) is 0 Å². The minimum Gasteiger partial charge on any atom is 0 e. The number of aromatic nitrogens is 2. The van der Waals surface area contributed by atoms with E-state index in [2.05, 4.69) is 47.7 Å². The second-order valence-corrected chi connectivity index (χ2v) is 5.91. The van der Waals surface area contributed by atoms with E-state index in [1.54, 1.807) is 19.4 Å². The van der Waals surface area contributed by atoms with Gasteiger partial charge in [0.1, 0.15) is 0 Å². The van der Waals surface area contributed by atoms with Crippen LogP contribution in [0.15, 0.2) is 36.8 Å². The van der Waals surface area contributed by atoms with E-state index in [1.165, 1.54) is 26.6 Å². The fourth-order valence-electron chi connectivity index (χ4n) is 2.51. The third-order valence-corrected chi connectivity index (χ3v) is 5.35.